The van der Waals surface area contributed by atoms with Crippen molar-refractivity contribution in [2.24, 2.45) is 0 Å². The fraction of sp³-hybridized carbons (Fsp3) is 0.583. The van der Waals surface area contributed by atoms with Crippen LogP contribution in [0, 0.1) is 0 Å². The van der Waals surface area contributed by atoms with Crippen molar-refractivity contribution in [1.82, 2.24) is 19.5 Å². The molecule has 1 aliphatic carbocycles. The SMILES string of the molecule is Nc1ncnc2c1ncn2C1O[C@@]2(CC[C@@H]2O)C(O)C1O. The standard InChI is InChI=1S/C12H15N5O4/c13-9-6-10(15-3-14-9)17(4-16-6)11-7(19)8(20)12(21-11)2-1-5(12)18/h3-5,7-8,11,18-20H,1-2H2,(H2,13,14,15)/t5-,7?,8?,11?,12+/m0/s1. The van der Waals surface area contributed by atoms with E-state index in [0.717, 1.165) is 0 Å². The molecule has 3 heterocycles. The van der Waals surface area contributed by atoms with Crippen LogP contribution in [0.15, 0.2) is 12.7 Å². The summed E-state index contributed by atoms with van der Waals surface area (Å²) in [7, 11) is 0. The molecule has 2 fully saturated rings. The number of hydrogen-bond acceptors (Lipinski definition) is 8. The summed E-state index contributed by atoms with van der Waals surface area (Å²) in [6.45, 7) is 0. The molecule has 9 heteroatoms. The number of nitrogens with two attached hydrogens (primary N) is 1. The van der Waals surface area contributed by atoms with Crippen molar-refractivity contribution in [2.45, 2.75) is 43.0 Å². The van der Waals surface area contributed by atoms with Gasteiger partial charge in [-0.2, -0.15) is 0 Å². The van der Waals surface area contributed by atoms with Crippen LogP contribution in [0.5, 0.6) is 0 Å². The van der Waals surface area contributed by atoms with Gasteiger partial charge in [0.05, 0.1) is 12.4 Å². The third-order valence-corrected chi connectivity index (χ3v) is 4.49. The highest BCUT2D eigenvalue weighted by Crippen LogP contribution is 2.49. The molecule has 2 aromatic rings. The Bertz CT molecular complexity index is 706. The Balaban J connectivity index is 1.78. The lowest BCUT2D eigenvalue weighted by molar-refractivity contribution is -0.213. The first-order valence-corrected chi connectivity index (χ1v) is 6.69. The molecule has 1 saturated carbocycles. The molecule has 3 unspecified atom stereocenters. The molecular formula is C12H15N5O4. The Kier molecular flexibility index (Phi) is 2.52. The highest BCUT2D eigenvalue weighted by atomic mass is 16.6. The van der Waals surface area contributed by atoms with Gasteiger partial charge in [0.25, 0.3) is 0 Å². The molecule has 1 aliphatic heterocycles. The minimum atomic E-state index is -1.19. The van der Waals surface area contributed by atoms with E-state index >= 15 is 0 Å². The van der Waals surface area contributed by atoms with Crippen LogP contribution < -0.4 is 5.73 Å². The fourth-order valence-electron chi connectivity index (χ4n) is 3.13. The Morgan fingerprint density at radius 3 is 2.71 bits per heavy atom. The lowest BCUT2D eigenvalue weighted by Gasteiger charge is -2.44. The number of fused-ring (bicyclic) bond motifs is 1. The molecule has 112 valence electrons. The number of aromatic nitrogens is 4. The molecule has 21 heavy (non-hydrogen) atoms. The number of imidazole rings is 1. The Morgan fingerprint density at radius 1 is 1.29 bits per heavy atom. The second-order valence-corrected chi connectivity index (χ2v) is 5.54. The minimum absolute atomic E-state index is 0.227. The molecule has 0 bridgehead atoms. The van der Waals surface area contributed by atoms with E-state index in [2.05, 4.69) is 15.0 Å². The molecule has 0 amide bonds. The molecule has 9 nitrogen and oxygen atoms in total. The van der Waals surface area contributed by atoms with E-state index in [-0.39, 0.29) is 5.82 Å². The van der Waals surface area contributed by atoms with E-state index in [0.29, 0.717) is 24.0 Å². The maximum Gasteiger partial charge on any atom is 0.167 e. The predicted molar refractivity (Wildman–Crippen MR) is 69.8 cm³/mol. The van der Waals surface area contributed by atoms with Crippen molar-refractivity contribution >= 4 is 17.0 Å². The quantitative estimate of drug-likeness (QED) is 0.501. The predicted octanol–water partition coefficient (Wildman–Crippen LogP) is -1.45. The minimum Gasteiger partial charge on any atom is -0.390 e. The molecule has 2 aliphatic rings. The monoisotopic (exact) mass is 293 g/mol. The summed E-state index contributed by atoms with van der Waals surface area (Å²) >= 11 is 0. The van der Waals surface area contributed by atoms with Crippen molar-refractivity contribution in [2.75, 3.05) is 5.73 Å². The lowest BCUT2D eigenvalue weighted by Crippen LogP contribution is -2.59. The number of nitrogens with zero attached hydrogens (tertiary/aromatic N) is 4. The second-order valence-electron chi connectivity index (χ2n) is 5.54. The van der Waals surface area contributed by atoms with Crippen molar-refractivity contribution in [3.8, 4) is 0 Å². The van der Waals surface area contributed by atoms with Crippen molar-refractivity contribution in [3.63, 3.8) is 0 Å². The van der Waals surface area contributed by atoms with Crippen LogP contribution in [0.3, 0.4) is 0 Å². The third kappa shape index (κ3) is 1.51. The summed E-state index contributed by atoms with van der Waals surface area (Å²) in [5.41, 5.74) is 5.42. The number of rotatable bonds is 1. The zero-order valence-corrected chi connectivity index (χ0v) is 11.0. The van der Waals surface area contributed by atoms with Crippen LogP contribution in [-0.4, -0.2) is 58.8 Å². The molecule has 1 spiro atoms. The van der Waals surface area contributed by atoms with Crippen LogP contribution >= 0.6 is 0 Å². The molecule has 2 aromatic heterocycles. The first-order valence-electron chi connectivity index (χ1n) is 6.69. The summed E-state index contributed by atoms with van der Waals surface area (Å²) in [6, 6.07) is 0. The normalized spacial score (nSPS) is 39.0. The lowest BCUT2D eigenvalue weighted by atomic mass is 9.73. The molecule has 4 rings (SSSR count). The van der Waals surface area contributed by atoms with E-state index in [1.54, 1.807) is 0 Å². The van der Waals surface area contributed by atoms with Gasteiger partial charge in [-0.1, -0.05) is 0 Å². The van der Waals surface area contributed by atoms with Gasteiger partial charge in [-0.05, 0) is 12.8 Å². The van der Waals surface area contributed by atoms with Gasteiger partial charge in [0, 0.05) is 0 Å². The van der Waals surface area contributed by atoms with Gasteiger partial charge in [-0.15, -0.1) is 0 Å². The average Bonchev–Trinajstić information content (AvgIpc) is 3.01. The molecule has 0 aromatic carbocycles. The van der Waals surface area contributed by atoms with Crippen LogP contribution in [-0.2, 0) is 4.74 Å². The van der Waals surface area contributed by atoms with Crippen LogP contribution in [0.1, 0.15) is 19.1 Å². The topological polar surface area (TPSA) is 140 Å². The Morgan fingerprint density at radius 2 is 2.10 bits per heavy atom. The number of ether oxygens (including phenoxy) is 1. The van der Waals surface area contributed by atoms with Crippen LogP contribution in [0.25, 0.3) is 11.2 Å². The maximum atomic E-state index is 10.3. The zero-order valence-electron chi connectivity index (χ0n) is 11.0. The van der Waals surface area contributed by atoms with E-state index in [4.69, 9.17) is 10.5 Å². The molecule has 5 N–H and O–H groups in total. The van der Waals surface area contributed by atoms with Gasteiger partial charge in [-0.3, -0.25) is 4.57 Å². The Labute approximate surface area is 119 Å². The highest BCUT2D eigenvalue weighted by Gasteiger charge is 2.63. The molecule has 5 atom stereocenters. The number of hydrogen-bond donors (Lipinski definition) is 4. The third-order valence-electron chi connectivity index (χ3n) is 4.49. The number of aliphatic hydroxyl groups is 3. The zero-order chi connectivity index (χ0) is 14.8. The van der Waals surface area contributed by atoms with Gasteiger partial charge in [0.1, 0.15) is 29.7 Å². The van der Waals surface area contributed by atoms with Gasteiger partial charge in [0.2, 0.25) is 0 Å². The number of nitrogen functional groups attached to an aromatic ring is 1. The average molecular weight is 293 g/mol. The van der Waals surface area contributed by atoms with E-state index in [1.165, 1.54) is 17.2 Å². The molecule has 1 saturated heterocycles. The molecule has 0 radical (unpaired) electrons. The van der Waals surface area contributed by atoms with Crippen LogP contribution in [0.2, 0.25) is 0 Å². The van der Waals surface area contributed by atoms with Crippen LogP contribution in [0.4, 0.5) is 5.82 Å². The second kappa shape index (κ2) is 4.10. The highest BCUT2D eigenvalue weighted by molar-refractivity contribution is 5.81. The van der Waals surface area contributed by atoms with Crippen molar-refractivity contribution in [1.29, 1.82) is 0 Å². The summed E-state index contributed by atoms with van der Waals surface area (Å²) in [4.78, 5) is 12.0. The number of anilines is 1. The largest absolute Gasteiger partial charge is 0.390 e. The number of aliphatic hydroxyl groups excluding tert-OH is 3. The van der Waals surface area contributed by atoms with E-state index in [9.17, 15) is 15.3 Å². The van der Waals surface area contributed by atoms with Crippen molar-refractivity contribution < 1.29 is 20.1 Å². The van der Waals surface area contributed by atoms with Gasteiger partial charge >= 0.3 is 0 Å². The summed E-state index contributed by atoms with van der Waals surface area (Å²) in [6.07, 6.45) is -0.266. The van der Waals surface area contributed by atoms with Crippen molar-refractivity contribution in [3.05, 3.63) is 12.7 Å². The van der Waals surface area contributed by atoms with Gasteiger partial charge < -0.3 is 25.8 Å². The molecular weight excluding hydrogens is 278 g/mol. The first-order chi connectivity index (χ1) is 10.0. The fourth-order valence-corrected chi connectivity index (χ4v) is 3.13. The van der Waals surface area contributed by atoms with E-state index < -0.39 is 30.1 Å². The van der Waals surface area contributed by atoms with Gasteiger partial charge in [-0.25, -0.2) is 15.0 Å². The first kappa shape index (κ1) is 12.9. The van der Waals surface area contributed by atoms with Gasteiger partial charge in [0.15, 0.2) is 17.7 Å². The maximum absolute atomic E-state index is 10.3. The summed E-state index contributed by atoms with van der Waals surface area (Å²) in [5.74, 6) is 0.227. The summed E-state index contributed by atoms with van der Waals surface area (Å²) < 4.78 is 7.29. The smallest absolute Gasteiger partial charge is 0.167 e. The van der Waals surface area contributed by atoms with E-state index in [1.807, 2.05) is 0 Å². The Hall–Kier alpha value is -1.81. The summed E-state index contributed by atoms with van der Waals surface area (Å²) in [5, 5.41) is 30.4.